The maximum absolute atomic E-state index is 12.2. The monoisotopic (exact) mass is 371 g/mol. The van der Waals surface area contributed by atoms with Gasteiger partial charge in [-0.2, -0.15) is 0 Å². The highest BCUT2D eigenvalue weighted by Crippen LogP contribution is 2.10. The fourth-order valence-electron chi connectivity index (χ4n) is 3.24. The maximum Gasteiger partial charge on any atom is 0.234 e. The summed E-state index contributed by atoms with van der Waals surface area (Å²) in [7, 11) is 0. The summed E-state index contributed by atoms with van der Waals surface area (Å²) < 4.78 is 0. The first-order valence-electron chi connectivity index (χ1n) is 9.19. The van der Waals surface area contributed by atoms with E-state index in [1.165, 1.54) is 5.56 Å². The van der Waals surface area contributed by atoms with Gasteiger partial charge in [-0.3, -0.25) is 14.6 Å². The molecule has 0 spiro atoms. The lowest BCUT2D eigenvalue weighted by atomic mass is 10.2. The molecule has 1 N–H and O–H groups in total. The van der Waals surface area contributed by atoms with Gasteiger partial charge in [0.15, 0.2) is 0 Å². The molecule has 2 aromatic carbocycles. The Morgan fingerprint density at radius 1 is 0.885 bits per heavy atom. The van der Waals surface area contributed by atoms with E-state index in [0.29, 0.717) is 18.1 Å². The first-order valence-corrected chi connectivity index (χ1v) is 9.56. The first kappa shape index (κ1) is 18.9. The highest BCUT2D eigenvalue weighted by molar-refractivity contribution is 6.30. The van der Waals surface area contributed by atoms with Gasteiger partial charge < -0.3 is 5.32 Å². The Labute approximate surface area is 160 Å². The van der Waals surface area contributed by atoms with Crippen molar-refractivity contribution in [2.24, 2.45) is 0 Å². The van der Waals surface area contributed by atoms with Crippen LogP contribution < -0.4 is 5.32 Å². The zero-order valence-electron chi connectivity index (χ0n) is 15.0. The number of nitrogens with zero attached hydrogens (tertiary/aromatic N) is 2. The highest BCUT2D eigenvalue weighted by Gasteiger charge is 2.17. The van der Waals surface area contributed by atoms with E-state index in [4.69, 9.17) is 11.6 Å². The van der Waals surface area contributed by atoms with Crippen molar-refractivity contribution in [2.75, 3.05) is 32.7 Å². The van der Waals surface area contributed by atoms with Crippen LogP contribution in [0.4, 0.5) is 0 Å². The minimum atomic E-state index is 0.0801. The molecule has 1 fully saturated rings. The van der Waals surface area contributed by atoms with Gasteiger partial charge in [0.2, 0.25) is 5.91 Å². The molecular formula is C21H26ClN3O. The second-order valence-corrected chi connectivity index (χ2v) is 7.23. The number of benzene rings is 2. The van der Waals surface area contributed by atoms with Gasteiger partial charge in [0.25, 0.3) is 0 Å². The van der Waals surface area contributed by atoms with Gasteiger partial charge in [0.1, 0.15) is 0 Å². The molecule has 1 heterocycles. The smallest absolute Gasteiger partial charge is 0.234 e. The Kier molecular flexibility index (Phi) is 7.06. The minimum Gasteiger partial charge on any atom is -0.351 e. The van der Waals surface area contributed by atoms with Crippen LogP contribution in [0, 0.1) is 0 Å². The molecule has 2 aromatic rings. The average Bonchev–Trinajstić information content (AvgIpc) is 2.87. The highest BCUT2D eigenvalue weighted by atomic mass is 35.5. The molecule has 5 heteroatoms. The van der Waals surface area contributed by atoms with Crippen LogP contribution in [0.15, 0.2) is 54.6 Å². The largest absolute Gasteiger partial charge is 0.351 e. The molecule has 1 amide bonds. The summed E-state index contributed by atoms with van der Waals surface area (Å²) in [5, 5.41) is 3.71. The number of rotatable bonds is 6. The topological polar surface area (TPSA) is 35.6 Å². The van der Waals surface area contributed by atoms with Gasteiger partial charge in [-0.25, -0.2) is 0 Å². The third-order valence-corrected chi connectivity index (χ3v) is 4.95. The van der Waals surface area contributed by atoms with Gasteiger partial charge >= 0.3 is 0 Å². The molecule has 0 bridgehead atoms. The van der Waals surface area contributed by atoms with E-state index >= 15 is 0 Å². The molecule has 1 aliphatic heterocycles. The Bertz CT molecular complexity index is 690. The predicted octanol–water partition coefficient (Wildman–Crippen LogP) is 3.16. The molecule has 138 valence electrons. The zero-order valence-corrected chi connectivity index (χ0v) is 15.8. The number of amides is 1. The van der Waals surface area contributed by atoms with E-state index in [1.807, 2.05) is 24.3 Å². The maximum atomic E-state index is 12.2. The Balaban J connectivity index is 1.41. The van der Waals surface area contributed by atoms with Crippen LogP contribution in [0.5, 0.6) is 0 Å². The van der Waals surface area contributed by atoms with E-state index in [1.54, 1.807) is 0 Å². The summed E-state index contributed by atoms with van der Waals surface area (Å²) in [5.41, 5.74) is 2.41. The van der Waals surface area contributed by atoms with Gasteiger partial charge in [0.05, 0.1) is 6.54 Å². The summed E-state index contributed by atoms with van der Waals surface area (Å²) in [6, 6.07) is 18.1. The van der Waals surface area contributed by atoms with Gasteiger partial charge in [-0.05, 0) is 42.8 Å². The van der Waals surface area contributed by atoms with Crippen molar-refractivity contribution in [3.8, 4) is 0 Å². The summed E-state index contributed by atoms with van der Waals surface area (Å²) in [6.07, 6.45) is 1.09. The summed E-state index contributed by atoms with van der Waals surface area (Å²) >= 11 is 5.88. The number of nitrogens with one attached hydrogen (secondary N) is 1. The number of carbonyl (C=O) groups excluding carboxylic acids is 1. The van der Waals surface area contributed by atoms with Gasteiger partial charge in [-0.15, -0.1) is 0 Å². The summed E-state index contributed by atoms with van der Waals surface area (Å²) in [6.45, 7) is 5.98. The van der Waals surface area contributed by atoms with Crippen LogP contribution in [0.25, 0.3) is 0 Å². The quantitative estimate of drug-likeness (QED) is 0.847. The van der Waals surface area contributed by atoms with Crippen LogP contribution in [0.3, 0.4) is 0 Å². The van der Waals surface area contributed by atoms with E-state index in [-0.39, 0.29) is 5.91 Å². The number of hydrogen-bond acceptors (Lipinski definition) is 3. The van der Waals surface area contributed by atoms with Crippen LogP contribution in [-0.4, -0.2) is 48.4 Å². The van der Waals surface area contributed by atoms with E-state index in [2.05, 4.69) is 45.4 Å². The molecule has 1 aliphatic rings. The van der Waals surface area contributed by atoms with Crippen molar-refractivity contribution in [3.05, 3.63) is 70.7 Å². The molecule has 0 aliphatic carbocycles. The third-order valence-electron chi connectivity index (χ3n) is 4.70. The predicted molar refractivity (Wildman–Crippen MR) is 106 cm³/mol. The normalized spacial score (nSPS) is 16.2. The molecule has 0 aromatic heterocycles. The van der Waals surface area contributed by atoms with E-state index in [9.17, 15) is 4.79 Å². The SMILES string of the molecule is O=C(CN1CCCN(Cc2ccccc2)CC1)NCc1ccc(Cl)cc1. The van der Waals surface area contributed by atoms with Crippen LogP contribution in [0.2, 0.25) is 5.02 Å². The van der Waals surface area contributed by atoms with Crippen LogP contribution >= 0.6 is 11.6 Å². The average molecular weight is 372 g/mol. The van der Waals surface area contributed by atoms with Crippen molar-refractivity contribution < 1.29 is 4.79 Å². The lowest BCUT2D eigenvalue weighted by Crippen LogP contribution is -2.39. The Morgan fingerprint density at radius 2 is 1.58 bits per heavy atom. The summed E-state index contributed by atoms with van der Waals surface area (Å²) in [4.78, 5) is 17.0. The number of halogens is 1. The first-order chi connectivity index (χ1) is 12.7. The molecule has 0 unspecified atom stereocenters. The van der Waals surface area contributed by atoms with Crippen molar-refractivity contribution in [2.45, 2.75) is 19.5 Å². The Hall–Kier alpha value is -1.88. The van der Waals surface area contributed by atoms with Gasteiger partial charge in [-0.1, -0.05) is 54.1 Å². The fraction of sp³-hybridized carbons (Fsp3) is 0.381. The van der Waals surface area contributed by atoms with E-state index in [0.717, 1.165) is 44.7 Å². The van der Waals surface area contributed by atoms with Gasteiger partial charge in [0, 0.05) is 31.2 Å². The second-order valence-electron chi connectivity index (χ2n) is 6.79. The zero-order chi connectivity index (χ0) is 18.2. The molecule has 0 radical (unpaired) electrons. The van der Waals surface area contributed by atoms with Crippen molar-refractivity contribution in [1.82, 2.24) is 15.1 Å². The molecule has 26 heavy (non-hydrogen) atoms. The molecule has 0 atom stereocenters. The molecular weight excluding hydrogens is 346 g/mol. The standard InChI is InChI=1S/C21H26ClN3O/c22-20-9-7-18(8-10-20)15-23-21(26)17-25-12-4-11-24(13-14-25)16-19-5-2-1-3-6-19/h1-3,5-10H,4,11-17H2,(H,23,26). The Morgan fingerprint density at radius 3 is 2.35 bits per heavy atom. The second kappa shape index (κ2) is 9.72. The lowest BCUT2D eigenvalue weighted by Gasteiger charge is -2.21. The number of hydrogen-bond donors (Lipinski definition) is 1. The lowest BCUT2D eigenvalue weighted by molar-refractivity contribution is -0.122. The van der Waals surface area contributed by atoms with Crippen LogP contribution in [0.1, 0.15) is 17.5 Å². The fourth-order valence-corrected chi connectivity index (χ4v) is 3.37. The van der Waals surface area contributed by atoms with Crippen LogP contribution in [-0.2, 0) is 17.9 Å². The minimum absolute atomic E-state index is 0.0801. The molecule has 3 rings (SSSR count). The van der Waals surface area contributed by atoms with Crippen molar-refractivity contribution in [3.63, 3.8) is 0 Å². The van der Waals surface area contributed by atoms with Crippen molar-refractivity contribution >= 4 is 17.5 Å². The third kappa shape index (κ3) is 6.13. The number of carbonyl (C=O) groups is 1. The molecule has 4 nitrogen and oxygen atoms in total. The summed E-state index contributed by atoms with van der Waals surface area (Å²) in [5.74, 6) is 0.0801. The van der Waals surface area contributed by atoms with Crippen molar-refractivity contribution in [1.29, 1.82) is 0 Å². The van der Waals surface area contributed by atoms with E-state index < -0.39 is 0 Å². The molecule has 1 saturated heterocycles. The molecule has 0 saturated carbocycles.